The van der Waals surface area contributed by atoms with Crippen LogP contribution in [0.15, 0.2) is 24.3 Å². The Bertz CT molecular complexity index is 974. The smallest absolute Gasteiger partial charge is 0.472 e. The van der Waals surface area contributed by atoms with Crippen molar-refractivity contribution in [1.29, 1.82) is 0 Å². The highest BCUT2D eigenvalue weighted by molar-refractivity contribution is 7.47. The summed E-state index contributed by atoms with van der Waals surface area (Å²) in [5, 5.41) is 8.86. The van der Waals surface area contributed by atoms with Crippen molar-refractivity contribution in [2.75, 3.05) is 19.8 Å². The van der Waals surface area contributed by atoms with Gasteiger partial charge in [0.15, 0.2) is 6.10 Å². The predicted octanol–water partition coefficient (Wildman–Crippen LogP) is 9.89. The van der Waals surface area contributed by atoms with Crippen molar-refractivity contribution in [3.05, 3.63) is 24.3 Å². The van der Waals surface area contributed by atoms with E-state index < -0.39 is 51.1 Å². The molecule has 12 heteroatoms. The van der Waals surface area contributed by atoms with Gasteiger partial charge in [-0.3, -0.25) is 23.4 Å². The molecule has 4 N–H and O–H groups in total. The number of hydrogen-bond acceptors (Lipinski definition) is 9. The number of carboxylic acids is 1. The Morgan fingerprint density at radius 1 is 0.608 bits per heavy atom. The maximum Gasteiger partial charge on any atom is 0.472 e. The minimum atomic E-state index is -4.71. The van der Waals surface area contributed by atoms with Crippen molar-refractivity contribution in [3.63, 3.8) is 0 Å². The Hall–Kier alpha value is -2.04. The van der Waals surface area contributed by atoms with Crippen LogP contribution in [0.3, 0.4) is 0 Å². The number of carbonyl (C=O) groups is 3. The number of carbonyl (C=O) groups excluding carboxylic acids is 2. The van der Waals surface area contributed by atoms with Crippen LogP contribution in [0.1, 0.15) is 174 Å². The summed E-state index contributed by atoms with van der Waals surface area (Å²) in [6.07, 6.45) is 33.8. The quantitative estimate of drug-likeness (QED) is 0.0239. The lowest BCUT2D eigenvalue weighted by molar-refractivity contribution is -0.161. The Morgan fingerprint density at radius 3 is 1.51 bits per heavy atom. The zero-order valence-corrected chi connectivity index (χ0v) is 32.8. The molecule has 298 valence electrons. The molecule has 1 unspecified atom stereocenters. The summed E-state index contributed by atoms with van der Waals surface area (Å²) >= 11 is 0. The van der Waals surface area contributed by atoms with Gasteiger partial charge in [0.25, 0.3) is 0 Å². The van der Waals surface area contributed by atoms with Gasteiger partial charge in [0.1, 0.15) is 12.6 Å². The molecule has 0 radical (unpaired) electrons. The van der Waals surface area contributed by atoms with E-state index >= 15 is 0 Å². The molecule has 0 aromatic rings. The topological polar surface area (TPSA) is 172 Å². The van der Waals surface area contributed by atoms with E-state index in [1.165, 1.54) is 77.0 Å². The highest BCUT2D eigenvalue weighted by atomic mass is 31.2. The molecule has 0 heterocycles. The van der Waals surface area contributed by atoms with Crippen molar-refractivity contribution in [3.8, 4) is 0 Å². The molecular formula is C39H72NO10P. The van der Waals surface area contributed by atoms with Gasteiger partial charge in [-0.1, -0.05) is 147 Å². The molecule has 0 aliphatic carbocycles. The fourth-order valence-electron chi connectivity index (χ4n) is 5.29. The van der Waals surface area contributed by atoms with Crippen molar-refractivity contribution >= 4 is 25.7 Å². The van der Waals surface area contributed by atoms with Crippen LogP contribution in [0.5, 0.6) is 0 Å². The summed E-state index contributed by atoms with van der Waals surface area (Å²) in [5.41, 5.74) is 5.32. The average Bonchev–Trinajstić information content (AvgIpc) is 3.10. The third-order valence-electron chi connectivity index (χ3n) is 8.48. The first kappa shape index (κ1) is 49.0. The summed E-state index contributed by atoms with van der Waals surface area (Å²) < 4.78 is 32.6. The van der Waals surface area contributed by atoms with Crippen LogP contribution in [0, 0.1) is 0 Å². The van der Waals surface area contributed by atoms with Crippen molar-refractivity contribution < 1.29 is 47.5 Å². The average molecular weight is 746 g/mol. The summed E-state index contributed by atoms with van der Waals surface area (Å²) in [6, 6.07) is -1.52. The number of ether oxygens (including phenoxy) is 2. The number of esters is 2. The van der Waals surface area contributed by atoms with Gasteiger partial charge in [0, 0.05) is 12.8 Å². The molecule has 0 aliphatic rings. The van der Waals surface area contributed by atoms with Gasteiger partial charge < -0.3 is 25.2 Å². The fourth-order valence-corrected chi connectivity index (χ4v) is 6.07. The molecule has 3 atom stereocenters. The fraction of sp³-hybridized carbons (Fsp3) is 0.821. The molecule has 0 amide bonds. The number of phosphoric acid groups is 1. The molecule has 0 spiro atoms. The number of aliphatic carboxylic acids is 1. The second-order valence-electron chi connectivity index (χ2n) is 13.5. The molecule has 11 nitrogen and oxygen atoms in total. The molecule has 0 aliphatic heterocycles. The third kappa shape index (κ3) is 34.8. The highest BCUT2D eigenvalue weighted by Crippen LogP contribution is 2.43. The first-order valence-corrected chi connectivity index (χ1v) is 21.4. The van der Waals surface area contributed by atoms with E-state index in [2.05, 4.69) is 42.7 Å². The Morgan fingerprint density at radius 2 is 1.02 bits per heavy atom. The molecular weight excluding hydrogens is 673 g/mol. The first-order valence-electron chi connectivity index (χ1n) is 19.9. The van der Waals surface area contributed by atoms with E-state index in [4.69, 9.17) is 24.8 Å². The Labute approximate surface area is 309 Å². The van der Waals surface area contributed by atoms with Gasteiger partial charge in [0.05, 0.1) is 13.2 Å². The SMILES string of the molecule is CCCCCC/C=C/C=C/CCCCCCCC(=O)O[C@H](COC(=O)CCCCCCCCCCCCCC)COP(=O)(O)OC[C@H](N)C(=O)O. The van der Waals surface area contributed by atoms with E-state index in [9.17, 15) is 23.8 Å². The molecule has 0 saturated heterocycles. The number of carboxylic acid groups (broad SMARTS) is 1. The van der Waals surface area contributed by atoms with E-state index in [1.807, 2.05) is 0 Å². The highest BCUT2D eigenvalue weighted by Gasteiger charge is 2.28. The minimum Gasteiger partial charge on any atom is -0.480 e. The molecule has 0 saturated carbocycles. The van der Waals surface area contributed by atoms with Crippen LogP contribution in [-0.4, -0.2) is 59.9 Å². The maximum absolute atomic E-state index is 12.6. The predicted molar refractivity (Wildman–Crippen MR) is 203 cm³/mol. The normalized spacial score (nSPS) is 14.1. The number of allylic oxidation sites excluding steroid dienone is 4. The second-order valence-corrected chi connectivity index (χ2v) is 14.9. The lowest BCUT2D eigenvalue weighted by Gasteiger charge is -2.20. The monoisotopic (exact) mass is 745 g/mol. The van der Waals surface area contributed by atoms with Crippen LogP contribution in [0.25, 0.3) is 0 Å². The summed E-state index contributed by atoms with van der Waals surface area (Å²) in [6.45, 7) is 2.75. The van der Waals surface area contributed by atoms with Gasteiger partial charge in [-0.25, -0.2) is 4.57 Å². The van der Waals surface area contributed by atoms with Crippen LogP contribution >= 0.6 is 7.82 Å². The molecule has 0 bridgehead atoms. The molecule has 51 heavy (non-hydrogen) atoms. The third-order valence-corrected chi connectivity index (χ3v) is 9.43. The van der Waals surface area contributed by atoms with Gasteiger partial charge in [-0.15, -0.1) is 0 Å². The molecule has 0 aromatic carbocycles. The minimum absolute atomic E-state index is 0.146. The first-order chi connectivity index (χ1) is 24.6. The maximum atomic E-state index is 12.6. The van der Waals surface area contributed by atoms with Crippen LogP contribution in [-0.2, 0) is 37.5 Å². The van der Waals surface area contributed by atoms with Crippen molar-refractivity contribution in [2.45, 2.75) is 187 Å². The van der Waals surface area contributed by atoms with Crippen LogP contribution < -0.4 is 5.73 Å². The molecule has 0 fully saturated rings. The number of hydrogen-bond donors (Lipinski definition) is 3. The Kier molecular flexibility index (Phi) is 33.6. The van der Waals surface area contributed by atoms with Gasteiger partial charge in [0.2, 0.25) is 0 Å². The van der Waals surface area contributed by atoms with Gasteiger partial charge >= 0.3 is 25.7 Å². The number of unbranched alkanes of at least 4 members (excludes halogenated alkanes) is 20. The Balaban J connectivity index is 4.45. The molecule has 0 aromatic heterocycles. The standard InChI is InChI=1S/C39H72NO10P/c1-3-5-7-9-11-13-15-17-18-19-21-23-25-27-29-31-38(42)50-35(33-48-51(45,46)49-34-36(40)39(43)44)32-47-37(41)30-28-26-24-22-20-16-14-12-10-8-6-4-2/h13,15,17-18,35-36H,3-12,14,16,19-34,40H2,1-2H3,(H,43,44)(H,45,46)/b15-13+,18-17+/t35-,36+/m1/s1. The lowest BCUT2D eigenvalue weighted by Crippen LogP contribution is -2.34. The van der Waals surface area contributed by atoms with Crippen LogP contribution in [0.2, 0.25) is 0 Å². The zero-order valence-electron chi connectivity index (χ0n) is 31.9. The lowest BCUT2D eigenvalue weighted by atomic mass is 10.0. The summed E-state index contributed by atoms with van der Waals surface area (Å²) in [4.78, 5) is 45.8. The number of phosphoric ester groups is 1. The largest absolute Gasteiger partial charge is 0.480 e. The summed E-state index contributed by atoms with van der Waals surface area (Å²) in [5.74, 6) is -2.39. The van der Waals surface area contributed by atoms with E-state index in [1.54, 1.807) is 0 Å². The van der Waals surface area contributed by atoms with Crippen LogP contribution in [0.4, 0.5) is 0 Å². The van der Waals surface area contributed by atoms with E-state index in [0.717, 1.165) is 57.8 Å². The second kappa shape index (κ2) is 35.0. The number of nitrogens with two attached hydrogens (primary N) is 1. The van der Waals surface area contributed by atoms with Crippen molar-refractivity contribution in [2.24, 2.45) is 5.73 Å². The molecule has 0 rings (SSSR count). The van der Waals surface area contributed by atoms with Crippen molar-refractivity contribution in [1.82, 2.24) is 0 Å². The van der Waals surface area contributed by atoms with E-state index in [0.29, 0.717) is 12.8 Å². The summed E-state index contributed by atoms with van der Waals surface area (Å²) in [7, 11) is -4.71. The van der Waals surface area contributed by atoms with Gasteiger partial charge in [-0.05, 0) is 38.5 Å². The van der Waals surface area contributed by atoms with Gasteiger partial charge in [-0.2, -0.15) is 0 Å². The zero-order chi connectivity index (χ0) is 37.8. The number of rotatable bonds is 37. The van der Waals surface area contributed by atoms with E-state index in [-0.39, 0.29) is 19.4 Å².